The minimum atomic E-state index is -2.50. The first-order valence-corrected chi connectivity index (χ1v) is 7.33. The number of hydrogen-bond donors (Lipinski definition) is 1. The molecule has 1 aromatic heterocycles. The molecule has 0 bridgehead atoms. The van der Waals surface area contributed by atoms with Gasteiger partial charge in [-0.3, -0.25) is 4.79 Å². The maximum Gasteiger partial charge on any atom is 0.272 e. The van der Waals surface area contributed by atoms with Crippen LogP contribution in [-0.2, 0) is 13.0 Å². The second-order valence-corrected chi connectivity index (χ2v) is 5.46. The lowest BCUT2D eigenvalue weighted by Gasteiger charge is -2.12. The molecule has 1 N–H and O–H groups in total. The highest BCUT2D eigenvalue weighted by atomic mass is 79.9. The monoisotopic (exact) mass is 356 g/mol. The Labute approximate surface area is 130 Å². The molecule has 0 aliphatic rings. The van der Waals surface area contributed by atoms with Crippen LogP contribution in [0, 0.1) is 0 Å². The van der Waals surface area contributed by atoms with E-state index in [4.69, 9.17) is 0 Å². The second-order valence-electron chi connectivity index (χ2n) is 4.55. The van der Waals surface area contributed by atoms with Crippen molar-refractivity contribution in [3.63, 3.8) is 0 Å². The fourth-order valence-electron chi connectivity index (χ4n) is 2.09. The minimum absolute atomic E-state index is 0.222. The summed E-state index contributed by atoms with van der Waals surface area (Å²) in [5.74, 6) is -0.391. The van der Waals surface area contributed by atoms with E-state index in [0.717, 1.165) is 16.5 Å². The van der Waals surface area contributed by atoms with Gasteiger partial charge < -0.3 is 9.88 Å². The fraction of sp³-hybridized carbons (Fsp3) is 0.267. The zero-order valence-corrected chi connectivity index (χ0v) is 13.0. The number of hydrogen-bond acceptors (Lipinski definition) is 1. The molecule has 112 valence electrons. The molecule has 3 nitrogen and oxygen atoms in total. The van der Waals surface area contributed by atoms with Crippen LogP contribution < -0.4 is 5.32 Å². The summed E-state index contributed by atoms with van der Waals surface area (Å²) in [5.41, 5.74) is 1.89. The number of benzene rings is 1. The van der Waals surface area contributed by atoms with E-state index in [1.807, 2.05) is 19.1 Å². The Hall–Kier alpha value is -1.69. The van der Waals surface area contributed by atoms with Crippen molar-refractivity contribution in [3.05, 3.63) is 52.3 Å². The molecule has 0 saturated heterocycles. The summed E-state index contributed by atoms with van der Waals surface area (Å²) in [6.45, 7) is 1.49. The summed E-state index contributed by atoms with van der Waals surface area (Å²) in [4.78, 5) is 12.2. The van der Waals surface area contributed by atoms with E-state index in [0.29, 0.717) is 5.69 Å². The van der Waals surface area contributed by atoms with Gasteiger partial charge in [0.05, 0.1) is 6.54 Å². The molecule has 0 fully saturated rings. The van der Waals surface area contributed by atoms with Crippen LogP contribution in [0.25, 0.3) is 0 Å². The van der Waals surface area contributed by atoms with Crippen LogP contribution in [0.5, 0.6) is 0 Å². The van der Waals surface area contributed by atoms with Crippen molar-refractivity contribution in [1.29, 1.82) is 0 Å². The van der Waals surface area contributed by atoms with Gasteiger partial charge in [0.2, 0.25) is 0 Å². The summed E-state index contributed by atoms with van der Waals surface area (Å²) < 4.78 is 27.1. The van der Waals surface area contributed by atoms with E-state index in [2.05, 4.69) is 21.2 Å². The van der Waals surface area contributed by atoms with Crippen LogP contribution in [0.4, 0.5) is 14.5 Å². The van der Waals surface area contributed by atoms with E-state index in [1.165, 1.54) is 16.8 Å². The van der Waals surface area contributed by atoms with Crippen LogP contribution in [0.1, 0.15) is 23.0 Å². The van der Waals surface area contributed by atoms with Crippen molar-refractivity contribution < 1.29 is 13.6 Å². The number of nitrogens with zero attached hydrogens (tertiary/aromatic N) is 1. The number of nitrogens with one attached hydrogen (secondary N) is 1. The van der Waals surface area contributed by atoms with Gasteiger partial charge in [-0.05, 0) is 42.3 Å². The SMILES string of the molecule is CCc1cc(Br)ccc1NC(=O)c1cccn1CC(F)F. The highest BCUT2D eigenvalue weighted by Gasteiger charge is 2.15. The van der Waals surface area contributed by atoms with Crippen LogP contribution in [0.3, 0.4) is 0 Å². The van der Waals surface area contributed by atoms with Gasteiger partial charge in [-0.15, -0.1) is 0 Å². The third kappa shape index (κ3) is 3.91. The maximum absolute atomic E-state index is 12.5. The number of alkyl halides is 2. The third-order valence-corrected chi connectivity index (χ3v) is 3.59. The van der Waals surface area contributed by atoms with Gasteiger partial charge in [0.25, 0.3) is 12.3 Å². The quantitative estimate of drug-likeness (QED) is 0.849. The van der Waals surface area contributed by atoms with Crippen molar-refractivity contribution in [1.82, 2.24) is 4.57 Å². The Bertz CT molecular complexity index is 640. The Morgan fingerprint density at radius 1 is 1.38 bits per heavy atom. The van der Waals surface area contributed by atoms with Crippen molar-refractivity contribution in [2.75, 3.05) is 5.32 Å². The topological polar surface area (TPSA) is 34.0 Å². The molecule has 0 aliphatic carbocycles. The minimum Gasteiger partial charge on any atom is -0.338 e. The average Bonchev–Trinajstić information content (AvgIpc) is 2.88. The second kappa shape index (κ2) is 6.85. The number of carbonyl (C=O) groups is 1. The first-order valence-electron chi connectivity index (χ1n) is 6.54. The van der Waals surface area contributed by atoms with Gasteiger partial charge >= 0.3 is 0 Å². The molecule has 0 radical (unpaired) electrons. The summed E-state index contributed by atoms with van der Waals surface area (Å²) in [6.07, 6.45) is -0.265. The van der Waals surface area contributed by atoms with Gasteiger partial charge in [-0.1, -0.05) is 22.9 Å². The lowest BCUT2D eigenvalue weighted by molar-refractivity contribution is 0.0997. The number of halogens is 3. The molecule has 21 heavy (non-hydrogen) atoms. The third-order valence-electron chi connectivity index (χ3n) is 3.09. The number of aromatic nitrogens is 1. The summed E-state index contributed by atoms with van der Waals surface area (Å²) in [6, 6.07) is 8.66. The molecule has 1 amide bonds. The van der Waals surface area contributed by atoms with Crippen molar-refractivity contribution in [2.45, 2.75) is 26.3 Å². The van der Waals surface area contributed by atoms with Gasteiger partial charge in [0.15, 0.2) is 0 Å². The van der Waals surface area contributed by atoms with Gasteiger partial charge in [0, 0.05) is 16.4 Å². The molecule has 2 aromatic rings. The predicted octanol–water partition coefficient (Wildman–Crippen LogP) is 4.33. The fourth-order valence-corrected chi connectivity index (χ4v) is 2.50. The summed E-state index contributed by atoms with van der Waals surface area (Å²) in [5, 5.41) is 2.78. The molecule has 0 atom stereocenters. The first-order chi connectivity index (χ1) is 10.0. The Kier molecular flexibility index (Phi) is 5.12. The molecule has 1 aromatic carbocycles. The van der Waals surface area contributed by atoms with E-state index in [9.17, 15) is 13.6 Å². The highest BCUT2D eigenvalue weighted by molar-refractivity contribution is 9.10. The largest absolute Gasteiger partial charge is 0.338 e. The van der Waals surface area contributed by atoms with Crippen LogP contribution >= 0.6 is 15.9 Å². The molecular weight excluding hydrogens is 342 g/mol. The smallest absolute Gasteiger partial charge is 0.272 e. The Balaban J connectivity index is 2.20. The van der Waals surface area contributed by atoms with Crippen molar-refractivity contribution in [3.8, 4) is 0 Å². The number of aryl methyl sites for hydroxylation is 1. The van der Waals surface area contributed by atoms with Crippen molar-refractivity contribution >= 4 is 27.5 Å². The Morgan fingerprint density at radius 3 is 2.81 bits per heavy atom. The van der Waals surface area contributed by atoms with E-state index >= 15 is 0 Å². The van der Waals surface area contributed by atoms with E-state index in [-0.39, 0.29) is 5.69 Å². The lowest BCUT2D eigenvalue weighted by Crippen LogP contribution is -2.19. The zero-order chi connectivity index (χ0) is 15.4. The number of carbonyl (C=O) groups excluding carboxylic acids is 1. The predicted molar refractivity (Wildman–Crippen MR) is 81.9 cm³/mol. The lowest BCUT2D eigenvalue weighted by atomic mass is 10.1. The Morgan fingerprint density at radius 2 is 2.14 bits per heavy atom. The van der Waals surface area contributed by atoms with Gasteiger partial charge in [-0.25, -0.2) is 8.78 Å². The van der Waals surface area contributed by atoms with Gasteiger partial charge in [0.1, 0.15) is 5.69 Å². The maximum atomic E-state index is 12.5. The van der Waals surface area contributed by atoms with Crippen molar-refractivity contribution in [2.24, 2.45) is 0 Å². The van der Waals surface area contributed by atoms with Gasteiger partial charge in [-0.2, -0.15) is 0 Å². The molecule has 1 heterocycles. The summed E-state index contributed by atoms with van der Waals surface area (Å²) >= 11 is 3.38. The molecule has 0 spiro atoms. The van der Waals surface area contributed by atoms with Crippen LogP contribution in [0.15, 0.2) is 41.0 Å². The molecule has 2 rings (SSSR count). The van der Waals surface area contributed by atoms with Crippen LogP contribution in [0.2, 0.25) is 0 Å². The molecule has 0 unspecified atom stereocenters. The highest BCUT2D eigenvalue weighted by Crippen LogP contribution is 2.22. The molecule has 6 heteroatoms. The first kappa shape index (κ1) is 15.7. The van der Waals surface area contributed by atoms with E-state index < -0.39 is 18.9 Å². The normalized spacial score (nSPS) is 10.9. The zero-order valence-electron chi connectivity index (χ0n) is 11.4. The van der Waals surface area contributed by atoms with Crippen LogP contribution in [-0.4, -0.2) is 16.9 Å². The summed E-state index contributed by atoms with van der Waals surface area (Å²) in [7, 11) is 0. The molecule has 0 saturated carbocycles. The van der Waals surface area contributed by atoms with E-state index in [1.54, 1.807) is 12.1 Å². The standard InChI is InChI=1S/C15H15BrF2N2O/c1-2-10-8-11(16)5-6-12(10)19-15(21)13-4-3-7-20(13)9-14(17)18/h3-8,14H,2,9H2,1H3,(H,19,21). The number of amides is 1. The average molecular weight is 357 g/mol. The number of anilines is 1. The number of rotatable bonds is 5. The molecule has 0 aliphatic heterocycles. The molecular formula is C15H15BrF2N2O.